The maximum Gasteiger partial charge on any atom is 0.325 e. The number of ether oxygens (including phenoxy) is 1. The molecule has 0 radical (unpaired) electrons. The summed E-state index contributed by atoms with van der Waals surface area (Å²) in [6.45, 7) is 5.37. The second-order valence-electron chi connectivity index (χ2n) is 4.23. The molecule has 16 heavy (non-hydrogen) atoms. The van der Waals surface area contributed by atoms with Gasteiger partial charge in [0.25, 0.3) is 0 Å². The van der Waals surface area contributed by atoms with Gasteiger partial charge in [0.1, 0.15) is 5.54 Å². The van der Waals surface area contributed by atoms with Crippen LogP contribution in [0.25, 0.3) is 0 Å². The minimum Gasteiger partial charge on any atom is -0.480 e. The predicted octanol–water partition coefficient (Wildman–Crippen LogP) is 1.30. The van der Waals surface area contributed by atoms with E-state index in [9.17, 15) is 9.90 Å². The molecule has 0 aromatic carbocycles. The SMILES string of the molecule is CCN(C(C)COC)C1(C(=O)O)CCSC1. The molecule has 0 amide bonds. The number of carboxylic acid groups (broad SMARTS) is 1. The number of hydrogen-bond donors (Lipinski definition) is 1. The van der Waals surface area contributed by atoms with E-state index in [0.717, 1.165) is 18.7 Å². The molecule has 0 aromatic rings. The van der Waals surface area contributed by atoms with E-state index in [0.29, 0.717) is 12.4 Å². The zero-order valence-electron chi connectivity index (χ0n) is 10.2. The molecule has 0 saturated carbocycles. The number of carbonyl (C=O) groups is 1. The van der Waals surface area contributed by atoms with Crippen LogP contribution in [0.5, 0.6) is 0 Å². The van der Waals surface area contributed by atoms with Gasteiger partial charge in [-0.25, -0.2) is 0 Å². The average molecular weight is 247 g/mol. The number of methoxy groups -OCH3 is 1. The van der Waals surface area contributed by atoms with Crippen molar-refractivity contribution in [3.05, 3.63) is 0 Å². The highest BCUT2D eigenvalue weighted by molar-refractivity contribution is 7.99. The highest BCUT2D eigenvalue weighted by atomic mass is 32.2. The summed E-state index contributed by atoms with van der Waals surface area (Å²) in [5.74, 6) is 0.925. The van der Waals surface area contributed by atoms with E-state index in [-0.39, 0.29) is 6.04 Å². The minimum absolute atomic E-state index is 0.143. The van der Waals surface area contributed by atoms with Crippen molar-refractivity contribution < 1.29 is 14.6 Å². The zero-order chi connectivity index (χ0) is 12.2. The molecule has 1 rings (SSSR count). The Morgan fingerprint density at radius 3 is 2.75 bits per heavy atom. The number of thioether (sulfide) groups is 1. The van der Waals surface area contributed by atoms with Crippen molar-refractivity contribution in [2.75, 3.05) is 31.8 Å². The van der Waals surface area contributed by atoms with Crippen molar-refractivity contribution in [3.63, 3.8) is 0 Å². The van der Waals surface area contributed by atoms with Crippen LogP contribution in [-0.4, -0.2) is 59.3 Å². The Bertz CT molecular complexity index is 241. The monoisotopic (exact) mass is 247 g/mol. The van der Waals surface area contributed by atoms with Gasteiger partial charge in [0.15, 0.2) is 0 Å². The highest BCUT2D eigenvalue weighted by Crippen LogP contribution is 2.35. The number of carboxylic acids is 1. The smallest absolute Gasteiger partial charge is 0.325 e. The molecule has 4 nitrogen and oxygen atoms in total. The van der Waals surface area contributed by atoms with Crippen molar-refractivity contribution >= 4 is 17.7 Å². The van der Waals surface area contributed by atoms with E-state index in [1.54, 1.807) is 18.9 Å². The summed E-state index contributed by atoms with van der Waals surface area (Å²) in [5, 5.41) is 9.49. The first-order valence-corrected chi connectivity index (χ1v) is 6.80. The lowest BCUT2D eigenvalue weighted by Gasteiger charge is -2.40. The Morgan fingerprint density at radius 2 is 2.38 bits per heavy atom. The number of hydrogen-bond acceptors (Lipinski definition) is 4. The van der Waals surface area contributed by atoms with Crippen LogP contribution in [-0.2, 0) is 9.53 Å². The fourth-order valence-electron chi connectivity index (χ4n) is 2.44. The summed E-state index contributed by atoms with van der Waals surface area (Å²) in [4.78, 5) is 13.6. The molecule has 1 saturated heterocycles. The van der Waals surface area contributed by atoms with Crippen molar-refractivity contribution in [1.82, 2.24) is 4.90 Å². The van der Waals surface area contributed by atoms with E-state index in [2.05, 4.69) is 4.90 Å². The van der Waals surface area contributed by atoms with Gasteiger partial charge in [0.2, 0.25) is 0 Å². The summed E-state index contributed by atoms with van der Waals surface area (Å²) >= 11 is 1.73. The van der Waals surface area contributed by atoms with E-state index >= 15 is 0 Å². The lowest BCUT2D eigenvalue weighted by Crippen LogP contribution is -2.59. The van der Waals surface area contributed by atoms with Crippen molar-refractivity contribution in [1.29, 1.82) is 0 Å². The molecule has 1 aliphatic heterocycles. The standard InChI is InChI=1S/C11H21NO3S/c1-4-12(9(2)7-15-3)11(10(13)14)5-6-16-8-11/h9H,4-8H2,1-3H3,(H,13,14). The van der Waals surface area contributed by atoms with Crippen LogP contribution in [0.3, 0.4) is 0 Å². The molecule has 1 fully saturated rings. The van der Waals surface area contributed by atoms with Crippen LogP contribution in [0.4, 0.5) is 0 Å². The van der Waals surface area contributed by atoms with Crippen LogP contribution >= 0.6 is 11.8 Å². The van der Waals surface area contributed by atoms with E-state index in [4.69, 9.17) is 4.74 Å². The normalized spacial score (nSPS) is 27.2. The molecule has 5 heteroatoms. The molecule has 1 heterocycles. The van der Waals surface area contributed by atoms with E-state index < -0.39 is 11.5 Å². The summed E-state index contributed by atoms with van der Waals surface area (Å²) in [6, 6.07) is 0.143. The van der Waals surface area contributed by atoms with Crippen molar-refractivity contribution in [2.45, 2.75) is 31.8 Å². The minimum atomic E-state index is -0.692. The molecular weight excluding hydrogens is 226 g/mol. The molecule has 94 valence electrons. The Labute approximate surface area is 101 Å². The summed E-state index contributed by atoms with van der Waals surface area (Å²) in [7, 11) is 1.65. The van der Waals surface area contributed by atoms with Gasteiger partial charge in [-0.3, -0.25) is 9.69 Å². The number of aliphatic carboxylic acids is 1. The molecule has 0 aliphatic carbocycles. The van der Waals surface area contributed by atoms with Gasteiger partial charge in [0.05, 0.1) is 6.61 Å². The third-order valence-electron chi connectivity index (χ3n) is 3.23. The number of likely N-dealkylation sites (N-methyl/N-ethyl adjacent to an activating group) is 1. The third-order valence-corrected chi connectivity index (χ3v) is 4.40. The van der Waals surface area contributed by atoms with E-state index in [1.165, 1.54) is 0 Å². The molecule has 0 spiro atoms. The van der Waals surface area contributed by atoms with Crippen LogP contribution in [0.2, 0.25) is 0 Å². The van der Waals surface area contributed by atoms with Gasteiger partial charge >= 0.3 is 5.97 Å². The molecule has 1 N–H and O–H groups in total. The van der Waals surface area contributed by atoms with Crippen LogP contribution < -0.4 is 0 Å². The van der Waals surface area contributed by atoms with Gasteiger partial charge in [-0.15, -0.1) is 0 Å². The van der Waals surface area contributed by atoms with Crippen molar-refractivity contribution in [3.8, 4) is 0 Å². The lowest BCUT2D eigenvalue weighted by molar-refractivity contribution is -0.152. The lowest BCUT2D eigenvalue weighted by atomic mass is 9.94. The first-order valence-electron chi connectivity index (χ1n) is 5.65. The van der Waals surface area contributed by atoms with E-state index in [1.807, 2.05) is 13.8 Å². The molecular formula is C11H21NO3S. The van der Waals surface area contributed by atoms with Crippen LogP contribution in [0.1, 0.15) is 20.3 Å². The van der Waals surface area contributed by atoms with Gasteiger partial charge in [-0.05, 0) is 25.6 Å². The zero-order valence-corrected chi connectivity index (χ0v) is 11.0. The molecule has 2 unspecified atom stereocenters. The number of nitrogens with zero attached hydrogens (tertiary/aromatic N) is 1. The average Bonchev–Trinajstić information content (AvgIpc) is 2.69. The quantitative estimate of drug-likeness (QED) is 0.767. The largest absolute Gasteiger partial charge is 0.480 e. The summed E-state index contributed by atoms with van der Waals surface area (Å²) in [6.07, 6.45) is 0.731. The molecule has 0 aromatic heterocycles. The van der Waals surface area contributed by atoms with Gasteiger partial charge in [-0.2, -0.15) is 11.8 Å². The van der Waals surface area contributed by atoms with Crippen LogP contribution in [0.15, 0.2) is 0 Å². The molecule has 2 atom stereocenters. The maximum atomic E-state index is 11.5. The van der Waals surface area contributed by atoms with Crippen LogP contribution in [0, 0.1) is 0 Å². The maximum absolute atomic E-state index is 11.5. The predicted molar refractivity (Wildman–Crippen MR) is 66.0 cm³/mol. The fourth-order valence-corrected chi connectivity index (χ4v) is 3.84. The van der Waals surface area contributed by atoms with Gasteiger partial charge in [0, 0.05) is 18.9 Å². The van der Waals surface area contributed by atoms with Gasteiger partial charge < -0.3 is 9.84 Å². The second kappa shape index (κ2) is 5.89. The Hall–Kier alpha value is -0.260. The Morgan fingerprint density at radius 1 is 1.69 bits per heavy atom. The first-order chi connectivity index (χ1) is 7.58. The third kappa shape index (κ3) is 2.52. The Balaban J connectivity index is 2.86. The van der Waals surface area contributed by atoms with Gasteiger partial charge in [-0.1, -0.05) is 6.92 Å². The molecule has 0 bridgehead atoms. The Kier molecular flexibility index (Phi) is 5.08. The summed E-state index contributed by atoms with van der Waals surface area (Å²) < 4.78 is 5.13. The molecule has 1 aliphatic rings. The van der Waals surface area contributed by atoms with Crippen molar-refractivity contribution in [2.24, 2.45) is 0 Å². The number of rotatable bonds is 6. The summed E-state index contributed by atoms with van der Waals surface area (Å²) in [5.41, 5.74) is -0.683. The second-order valence-corrected chi connectivity index (χ2v) is 5.33. The topological polar surface area (TPSA) is 49.8 Å². The fraction of sp³-hybridized carbons (Fsp3) is 0.909. The highest BCUT2D eigenvalue weighted by Gasteiger charge is 2.47. The first kappa shape index (κ1) is 13.8.